The smallest absolute Gasteiger partial charge is 0.241 e. The summed E-state index contributed by atoms with van der Waals surface area (Å²) in [5.74, 6) is 0.159. The molecule has 3 N–H and O–H groups in total. The predicted octanol–water partition coefficient (Wildman–Crippen LogP) is 1.35. The Bertz CT molecular complexity index is 762. The van der Waals surface area contributed by atoms with E-state index in [0.29, 0.717) is 19.0 Å². The fourth-order valence-corrected chi connectivity index (χ4v) is 3.49. The highest BCUT2D eigenvalue weighted by atomic mass is 16.3. The van der Waals surface area contributed by atoms with Gasteiger partial charge in [-0.2, -0.15) is 5.10 Å². The summed E-state index contributed by atoms with van der Waals surface area (Å²) in [6.07, 6.45) is 3.61. The molecule has 1 amide bonds. The number of carbonyl (C=O) groups excluding carboxylic acids is 1. The SMILES string of the molecule is Cc1cc(C2CCN(C(=O)C(N)CO)CC2)nc2c1cnn2C(C)C. The molecule has 1 unspecified atom stereocenters. The van der Waals surface area contributed by atoms with Gasteiger partial charge in [-0.15, -0.1) is 0 Å². The average Bonchev–Trinajstić information content (AvgIpc) is 3.05. The zero-order valence-electron chi connectivity index (χ0n) is 15.1. The molecule has 1 aliphatic rings. The van der Waals surface area contributed by atoms with Gasteiger partial charge in [0, 0.05) is 36.1 Å². The molecular weight excluding hydrogens is 318 g/mol. The van der Waals surface area contributed by atoms with Crippen LogP contribution < -0.4 is 5.73 Å². The van der Waals surface area contributed by atoms with E-state index in [2.05, 4.69) is 31.9 Å². The molecule has 7 heteroatoms. The molecule has 0 saturated carbocycles. The number of aliphatic hydroxyl groups excluding tert-OH is 1. The van der Waals surface area contributed by atoms with Gasteiger partial charge in [-0.3, -0.25) is 4.79 Å². The van der Waals surface area contributed by atoms with Gasteiger partial charge in [0.25, 0.3) is 0 Å². The van der Waals surface area contributed by atoms with Crippen LogP contribution in [0.4, 0.5) is 0 Å². The van der Waals surface area contributed by atoms with Crippen molar-refractivity contribution in [3.8, 4) is 0 Å². The van der Waals surface area contributed by atoms with E-state index < -0.39 is 6.04 Å². The molecular formula is C18H27N5O2. The maximum Gasteiger partial charge on any atom is 0.241 e. The molecule has 3 heterocycles. The fourth-order valence-electron chi connectivity index (χ4n) is 3.49. The summed E-state index contributed by atoms with van der Waals surface area (Å²) in [6, 6.07) is 1.60. The standard InChI is InChI=1S/C18H27N5O2/c1-11(2)23-17-14(9-20-23)12(3)8-16(21-17)13-4-6-22(7-5-13)18(25)15(19)10-24/h8-9,11,13,15,24H,4-7,10,19H2,1-3H3. The largest absolute Gasteiger partial charge is 0.394 e. The molecule has 2 aromatic heterocycles. The number of fused-ring (bicyclic) bond motifs is 1. The van der Waals surface area contributed by atoms with Gasteiger partial charge in [0.2, 0.25) is 5.91 Å². The van der Waals surface area contributed by atoms with Gasteiger partial charge in [-0.05, 0) is 45.2 Å². The summed E-state index contributed by atoms with van der Waals surface area (Å²) in [5, 5.41) is 14.6. The molecule has 136 valence electrons. The Morgan fingerprint density at radius 3 is 2.68 bits per heavy atom. The van der Waals surface area contributed by atoms with Crippen LogP contribution in [0.1, 0.15) is 49.9 Å². The number of likely N-dealkylation sites (tertiary alicyclic amines) is 1. The highest BCUT2D eigenvalue weighted by molar-refractivity contribution is 5.82. The Morgan fingerprint density at radius 1 is 1.40 bits per heavy atom. The third kappa shape index (κ3) is 3.39. The monoisotopic (exact) mass is 345 g/mol. The second kappa shape index (κ2) is 7.09. The van der Waals surface area contributed by atoms with Crippen molar-refractivity contribution in [1.82, 2.24) is 19.7 Å². The van der Waals surface area contributed by atoms with Crippen molar-refractivity contribution in [3.05, 3.63) is 23.5 Å². The number of hydrogen-bond donors (Lipinski definition) is 2. The molecule has 0 spiro atoms. The molecule has 1 aliphatic heterocycles. The van der Waals surface area contributed by atoms with E-state index in [-0.39, 0.29) is 18.6 Å². The molecule has 3 rings (SSSR count). The van der Waals surface area contributed by atoms with E-state index in [0.717, 1.165) is 29.6 Å². The molecule has 2 aromatic rings. The highest BCUT2D eigenvalue weighted by Crippen LogP contribution is 2.30. The molecule has 0 aromatic carbocycles. The lowest BCUT2D eigenvalue weighted by Crippen LogP contribution is -2.48. The minimum Gasteiger partial charge on any atom is -0.394 e. The van der Waals surface area contributed by atoms with Crippen molar-refractivity contribution in [2.75, 3.05) is 19.7 Å². The van der Waals surface area contributed by atoms with Crippen molar-refractivity contribution >= 4 is 16.9 Å². The number of hydrogen-bond acceptors (Lipinski definition) is 5. The zero-order valence-corrected chi connectivity index (χ0v) is 15.1. The molecule has 0 radical (unpaired) electrons. The van der Waals surface area contributed by atoms with Crippen LogP contribution in [0.5, 0.6) is 0 Å². The summed E-state index contributed by atoms with van der Waals surface area (Å²) < 4.78 is 1.96. The lowest BCUT2D eigenvalue weighted by molar-refractivity contribution is -0.134. The number of carbonyl (C=O) groups is 1. The van der Waals surface area contributed by atoms with Crippen molar-refractivity contribution in [2.24, 2.45) is 5.73 Å². The van der Waals surface area contributed by atoms with Gasteiger partial charge in [0.05, 0.1) is 12.8 Å². The van der Waals surface area contributed by atoms with Crippen LogP contribution in [0.3, 0.4) is 0 Å². The number of aliphatic hydroxyl groups is 1. The Labute approximate surface area is 147 Å². The average molecular weight is 345 g/mol. The van der Waals surface area contributed by atoms with E-state index in [1.807, 2.05) is 10.9 Å². The van der Waals surface area contributed by atoms with E-state index in [1.54, 1.807) is 4.90 Å². The van der Waals surface area contributed by atoms with Crippen molar-refractivity contribution in [1.29, 1.82) is 0 Å². The molecule has 1 saturated heterocycles. The number of amides is 1. The molecule has 1 atom stereocenters. The minimum absolute atomic E-state index is 0.168. The molecule has 25 heavy (non-hydrogen) atoms. The van der Waals surface area contributed by atoms with E-state index in [1.165, 1.54) is 5.56 Å². The van der Waals surface area contributed by atoms with Crippen LogP contribution in [-0.2, 0) is 4.79 Å². The predicted molar refractivity (Wildman–Crippen MR) is 96.3 cm³/mol. The number of pyridine rings is 1. The lowest BCUT2D eigenvalue weighted by Gasteiger charge is -2.33. The first-order valence-electron chi connectivity index (χ1n) is 8.92. The van der Waals surface area contributed by atoms with Crippen molar-refractivity contribution < 1.29 is 9.90 Å². The molecule has 1 fully saturated rings. The second-order valence-corrected chi connectivity index (χ2v) is 7.17. The quantitative estimate of drug-likeness (QED) is 0.872. The molecule has 7 nitrogen and oxygen atoms in total. The van der Waals surface area contributed by atoms with Gasteiger partial charge in [-0.25, -0.2) is 9.67 Å². The number of aryl methyl sites for hydroxylation is 1. The van der Waals surface area contributed by atoms with Crippen LogP contribution in [0.15, 0.2) is 12.3 Å². The maximum absolute atomic E-state index is 12.1. The summed E-state index contributed by atoms with van der Waals surface area (Å²) >= 11 is 0. The first kappa shape index (κ1) is 17.8. The number of aromatic nitrogens is 3. The van der Waals surface area contributed by atoms with Gasteiger partial charge in [0.15, 0.2) is 5.65 Å². The third-order valence-corrected chi connectivity index (χ3v) is 5.02. The zero-order chi connectivity index (χ0) is 18.1. The van der Waals surface area contributed by atoms with Gasteiger partial charge in [0.1, 0.15) is 6.04 Å². The normalized spacial score (nSPS) is 17.4. The Hall–Kier alpha value is -1.99. The second-order valence-electron chi connectivity index (χ2n) is 7.17. The summed E-state index contributed by atoms with van der Waals surface area (Å²) in [6.45, 7) is 7.29. The van der Waals surface area contributed by atoms with E-state index in [4.69, 9.17) is 15.8 Å². The van der Waals surface area contributed by atoms with Crippen LogP contribution in [0.2, 0.25) is 0 Å². The minimum atomic E-state index is -0.811. The van der Waals surface area contributed by atoms with Crippen LogP contribution in [-0.4, -0.2) is 56.4 Å². The summed E-state index contributed by atoms with van der Waals surface area (Å²) in [7, 11) is 0. The first-order valence-corrected chi connectivity index (χ1v) is 8.92. The maximum atomic E-state index is 12.1. The van der Waals surface area contributed by atoms with Gasteiger partial charge < -0.3 is 15.7 Å². The number of rotatable bonds is 4. The Morgan fingerprint density at radius 2 is 2.08 bits per heavy atom. The van der Waals surface area contributed by atoms with Crippen molar-refractivity contribution in [3.63, 3.8) is 0 Å². The van der Waals surface area contributed by atoms with Crippen molar-refractivity contribution in [2.45, 2.75) is 51.6 Å². The Kier molecular flexibility index (Phi) is 5.06. The third-order valence-electron chi connectivity index (χ3n) is 5.02. The number of piperidine rings is 1. The first-order chi connectivity index (χ1) is 11.9. The topological polar surface area (TPSA) is 97.3 Å². The fraction of sp³-hybridized carbons (Fsp3) is 0.611. The Balaban J connectivity index is 1.79. The van der Waals surface area contributed by atoms with Gasteiger partial charge >= 0.3 is 0 Å². The van der Waals surface area contributed by atoms with E-state index >= 15 is 0 Å². The van der Waals surface area contributed by atoms with Crippen LogP contribution in [0.25, 0.3) is 11.0 Å². The number of nitrogens with two attached hydrogens (primary N) is 1. The molecule has 0 bridgehead atoms. The van der Waals surface area contributed by atoms with Crippen LogP contribution in [0, 0.1) is 6.92 Å². The number of nitrogens with zero attached hydrogens (tertiary/aromatic N) is 4. The lowest BCUT2D eigenvalue weighted by atomic mass is 9.91. The summed E-state index contributed by atoms with van der Waals surface area (Å²) in [4.78, 5) is 18.7. The van der Waals surface area contributed by atoms with E-state index in [9.17, 15) is 4.79 Å². The van der Waals surface area contributed by atoms with Crippen LogP contribution >= 0.6 is 0 Å². The van der Waals surface area contributed by atoms with Gasteiger partial charge in [-0.1, -0.05) is 0 Å². The molecule has 0 aliphatic carbocycles. The summed E-state index contributed by atoms with van der Waals surface area (Å²) in [5.41, 5.74) is 8.84. The highest BCUT2D eigenvalue weighted by Gasteiger charge is 2.28.